The highest BCUT2D eigenvalue weighted by atomic mass is 32.2. The Bertz CT molecular complexity index is 1250. The number of nitrogens with zero attached hydrogens (tertiary/aromatic N) is 1. The van der Waals surface area contributed by atoms with Crippen molar-refractivity contribution in [1.29, 1.82) is 0 Å². The molecule has 7 heteroatoms. The first-order valence-corrected chi connectivity index (χ1v) is 12.0. The molecule has 176 valence electrons. The third-order valence-corrected chi connectivity index (χ3v) is 7.12. The molecule has 1 unspecified atom stereocenters. The van der Waals surface area contributed by atoms with E-state index in [4.69, 9.17) is 14.2 Å². The van der Waals surface area contributed by atoms with Crippen molar-refractivity contribution in [2.45, 2.75) is 4.90 Å². The van der Waals surface area contributed by atoms with Gasteiger partial charge in [-0.3, -0.25) is 4.79 Å². The molecule has 0 amide bonds. The molecule has 0 fully saturated rings. The molecule has 1 atom stereocenters. The minimum atomic E-state index is -1.54. The van der Waals surface area contributed by atoms with Gasteiger partial charge < -0.3 is 19.1 Å². The second kappa shape index (κ2) is 10.2. The molecule has 4 rings (SSSR count). The van der Waals surface area contributed by atoms with E-state index in [1.54, 1.807) is 68.8 Å². The number of fused-ring (bicyclic) bond motifs is 1. The predicted octanol–water partition coefficient (Wildman–Crippen LogP) is 4.52. The standard InChI is InChI=1S/C27H27NO5S/c1-28(2)15-16-33-21-11-5-18(6-12-21)26(29)25-23-14-13-22(32-4)17-24(23)34(30)27(25)19-7-9-20(31-3)10-8-19/h5-14,17H,15-16H2,1-4H3. The van der Waals surface area contributed by atoms with Crippen molar-refractivity contribution in [1.82, 2.24) is 4.90 Å². The van der Waals surface area contributed by atoms with Gasteiger partial charge in [0.2, 0.25) is 0 Å². The monoisotopic (exact) mass is 477 g/mol. The van der Waals surface area contributed by atoms with Gasteiger partial charge in [-0.2, -0.15) is 0 Å². The SMILES string of the molecule is COc1ccc(C2=C(C(=O)c3ccc(OCCN(C)C)cc3)c3ccc(OC)cc3S2=O)cc1. The van der Waals surface area contributed by atoms with Gasteiger partial charge in [-0.05, 0) is 74.3 Å². The molecule has 3 aromatic carbocycles. The zero-order valence-electron chi connectivity index (χ0n) is 19.7. The molecule has 1 aliphatic heterocycles. The van der Waals surface area contributed by atoms with E-state index in [0.717, 1.165) is 6.54 Å². The van der Waals surface area contributed by atoms with E-state index >= 15 is 0 Å². The van der Waals surface area contributed by atoms with Crippen LogP contribution in [0.3, 0.4) is 0 Å². The molecular weight excluding hydrogens is 450 g/mol. The molecule has 1 heterocycles. The van der Waals surface area contributed by atoms with Gasteiger partial charge in [-0.15, -0.1) is 0 Å². The third kappa shape index (κ3) is 4.76. The normalized spacial score (nSPS) is 14.8. The molecule has 1 aliphatic rings. The summed E-state index contributed by atoms with van der Waals surface area (Å²) in [6.45, 7) is 1.35. The summed E-state index contributed by atoms with van der Waals surface area (Å²) in [4.78, 5) is 16.8. The quantitative estimate of drug-likeness (QED) is 0.423. The lowest BCUT2D eigenvalue weighted by Gasteiger charge is -2.12. The Hall–Kier alpha value is -3.42. The molecule has 3 aromatic rings. The molecular formula is C27H27NO5S. The topological polar surface area (TPSA) is 65.1 Å². The number of carbonyl (C=O) groups is 1. The van der Waals surface area contributed by atoms with Crippen LogP contribution >= 0.6 is 0 Å². The molecule has 0 saturated heterocycles. The number of Topliss-reactive ketones (excluding diaryl/α,β-unsaturated/α-hetero) is 1. The summed E-state index contributed by atoms with van der Waals surface area (Å²) in [5, 5.41) is 0. The maximum absolute atomic E-state index is 13.7. The van der Waals surface area contributed by atoms with E-state index in [9.17, 15) is 9.00 Å². The number of allylic oxidation sites excluding steroid dienone is 1. The summed E-state index contributed by atoms with van der Waals surface area (Å²) in [6, 6.07) is 19.6. The first kappa shape index (κ1) is 23.7. The van der Waals surface area contributed by atoms with Crippen LogP contribution in [0.25, 0.3) is 10.5 Å². The molecule has 0 aliphatic carbocycles. The van der Waals surface area contributed by atoms with Crippen LogP contribution in [-0.4, -0.2) is 56.4 Å². The first-order chi connectivity index (χ1) is 16.4. The van der Waals surface area contributed by atoms with Gasteiger partial charge in [0.1, 0.15) is 23.9 Å². The fraction of sp³-hybridized carbons (Fsp3) is 0.222. The summed E-state index contributed by atoms with van der Waals surface area (Å²) in [7, 11) is 5.58. The maximum Gasteiger partial charge on any atom is 0.194 e. The molecule has 0 spiro atoms. The van der Waals surface area contributed by atoms with Gasteiger partial charge in [0.05, 0.1) is 34.8 Å². The summed E-state index contributed by atoms with van der Waals surface area (Å²) < 4.78 is 29.9. The smallest absolute Gasteiger partial charge is 0.194 e. The van der Waals surface area contributed by atoms with E-state index < -0.39 is 10.8 Å². The number of ketones is 1. The Kier molecular flexibility index (Phi) is 7.14. The van der Waals surface area contributed by atoms with Crippen LogP contribution in [0.4, 0.5) is 0 Å². The molecule has 0 bridgehead atoms. The van der Waals surface area contributed by atoms with E-state index in [-0.39, 0.29) is 5.78 Å². The minimum absolute atomic E-state index is 0.192. The van der Waals surface area contributed by atoms with Crippen molar-refractivity contribution in [3.8, 4) is 17.2 Å². The fourth-order valence-corrected chi connectivity index (χ4v) is 5.28. The number of methoxy groups -OCH3 is 2. The average molecular weight is 478 g/mol. The van der Waals surface area contributed by atoms with Gasteiger partial charge in [0.25, 0.3) is 0 Å². The van der Waals surface area contributed by atoms with E-state index in [0.29, 0.717) is 55.9 Å². The van der Waals surface area contributed by atoms with Crippen LogP contribution in [0.2, 0.25) is 0 Å². The number of likely N-dealkylation sites (N-methyl/N-ethyl adjacent to an activating group) is 1. The largest absolute Gasteiger partial charge is 0.497 e. The van der Waals surface area contributed by atoms with Crippen LogP contribution in [0.1, 0.15) is 21.5 Å². The van der Waals surface area contributed by atoms with Gasteiger partial charge in [0, 0.05) is 23.2 Å². The van der Waals surface area contributed by atoms with Gasteiger partial charge in [0.15, 0.2) is 5.78 Å². The summed E-state index contributed by atoms with van der Waals surface area (Å²) in [6.07, 6.45) is 0. The Morgan fingerprint density at radius 3 is 2.09 bits per heavy atom. The van der Waals surface area contributed by atoms with Crippen molar-refractivity contribution >= 4 is 27.1 Å². The lowest BCUT2D eigenvalue weighted by atomic mass is 9.94. The van der Waals surface area contributed by atoms with Gasteiger partial charge >= 0.3 is 0 Å². The number of hydrogen-bond acceptors (Lipinski definition) is 6. The Labute approximate surface area is 202 Å². The molecule has 0 saturated carbocycles. The number of benzene rings is 3. The number of hydrogen-bond donors (Lipinski definition) is 0. The van der Waals surface area contributed by atoms with Crippen molar-refractivity contribution in [3.63, 3.8) is 0 Å². The predicted molar refractivity (Wildman–Crippen MR) is 134 cm³/mol. The van der Waals surface area contributed by atoms with Crippen LogP contribution in [0.5, 0.6) is 17.2 Å². The fourth-order valence-electron chi connectivity index (χ4n) is 3.73. The maximum atomic E-state index is 13.7. The molecule has 6 nitrogen and oxygen atoms in total. The van der Waals surface area contributed by atoms with Crippen molar-refractivity contribution < 1.29 is 23.2 Å². The van der Waals surface area contributed by atoms with E-state index in [2.05, 4.69) is 0 Å². The van der Waals surface area contributed by atoms with Crippen LogP contribution in [0, 0.1) is 0 Å². The number of ether oxygens (including phenoxy) is 3. The Morgan fingerprint density at radius 1 is 0.853 bits per heavy atom. The minimum Gasteiger partial charge on any atom is -0.497 e. The highest BCUT2D eigenvalue weighted by Crippen LogP contribution is 2.44. The molecule has 0 aromatic heterocycles. The van der Waals surface area contributed by atoms with Crippen molar-refractivity contribution in [2.24, 2.45) is 0 Å². The highest BCUT2D eigenvalue weighted by Gasteiger charge is 2.34. The molecule has 34 heavy (non-hydrogen) atoms. The molecule has 0 radical (unpaired) electrons. The van der Waals surface area contributed by atoms with Crippen LogP contribution in [-0.2, 0) is 10.8 Å². The van der Waals surface area contributed by atoms with Crippen LogP contribution < -0.4 is 14.2 Å². The van der Waals surface area contributed by atoms with Crippen molar-refractivity contribution in [3.05, 3.63) is 83.4 Å². The summed E-state index contributed by atoms with van der Waals surface area (Å²) in [5.74, 6) is 1.78. The van der Waals surface area contributed by atoms with Gasteiger partial charge in [-0.1, -0.05) is 12.1 Å². The Morgan fingerprint density at radius 2 is 1.47 bits per heavy atom. The zero-order chi connectivity index (χ0) is 24.2. The highest BCUT2D eigenvalue weighted by molar-refractivity contribution is 7.95. The van der Waals surface area contributed by atoms with E-state index in [1.165, 1.54) is 0 Å². The first-order valence-electron chi connectivity index (χ1n) is 10.8. The number of carbonyl (C=O) groups excluding carboxylic acids is 1. The second-order valence-electron chi connectivity index (χ2n) is 8.07. The van der Waals surface area contributed by atoms with Crippen molar-refractivity contribution in [2.75, 3.05) is 41.5 Å². The van der Waals surface area contributed by atoms with E-state index in [1.807, 2.05) is 31.1 Å². The average Bonchev–Trinajstić information content (AvgIpc) is 3.15. The van der Waals surface area contributed by atoms with Gasteiger partial charge in [-0.25, -0.2) is 4.21 Å². The summed E-state index contributed by atoms with van der Waals surface area (Å²) >= 11 is 0. The lowest BCUT2D eigenvalue weighted by Crippen LogP contribution is -2.19. The molecule has 0 N–H and O–H groups in total. The lowest BCUT2D eigenvalue weighted by molar-refractivity contribution is 0.105. The zero-order valence-corrected chi connectivity index (χ0v) is 20.5. The third-order valence-electron chi connectivity index (χ3n) is 5.57. The van der Waals surface area contributed by atoms with Crippen LogP contribution in [0.15, 0.2) is 71.6 Å². The Balaban J connectivity index is 1.74. The second-order valence-corrected chi connectivity index (χ2v) is 9.45. The number of rotatable bonds is 9. The summed E-state index contributed by atoms with van der Waals surface area (Å²) in [5.41, 5.74) is 2.30.